The molecule has 0 saturated carbocycles. The fourth-order valence-electron chi connectivity index (χ4n) is 2.80. The highest BCUT2D eigenvalue weighted by molar-refractivity contribution is 5.82. The van der Waals surface area contributed by atoms with Crippen molar-refractivity contribution in [3.05, 3.63) is 30.0 Å². The molecular weight excluding hydrogens is 226 g/mol. The Hall–Kier alpha value is -1.52. The maximum absolute atomic E-state index is 5.83. The van der Waals surface area contributed by atoms with Crippen molar-refractivity contribution in [1.82, 2.24) is 10.3 Å². The summed E-state index contributed by atoms with van der Waals surface area (Å²) < 4.78 is 5.25. The lowest BCUT2D eigenvalue weighted by Gasteiger charge is -2.16. The van der Waals surface area contributed by atoms with Crippen LogP contribution in [0.5, 0.6) is 5.75 Å². The van der Waals surface area contributed by atoms with Crippen LogP contribution in [0.2, 0.25) is 0 Å². The van der Waals surface area contributed by atoms with E-state index in [0.717, 1.165) is 30.8 Å². The van der Waals surface area contributed by atoms with Crippen LogP contribution in [-0.4, -0.2) is 25.2 Å². The third-order valence-electron chi connectivity index (χ3n) is 3.84. The zero-order valence-electron chi connectivity index (χ0n) is 10.6. The number of nitrogens with two attached hydrogens (primary N) is 1. The van der Waals surface area contributed by atoms with Crippen molar-refractivity contribution in [3.8, 4) is 5.75 Å². The molecule has 18 heavy (non-hydrogen) atoms. The molecule has 2 aromatic rings. The van der Waals surface area contributed by atoms with Crippen LogP contribution in [0.1, 0.15) is 18.2 Å². The van der Waals surface area contributed by atoms with Gasteiger partial charge in [0.2, 0.25) is 0 Å². The average molecular weight is 245 g/mol. The highest BCUT2D eigenvalue weighted by Gasteiger charge is 2.28. The minimum Gasteiger partial charge on any atom is -0.497 e. The lowest BCUT2D eigenvalue weighted by atomic mass is 9.98. The zero-order valence-corrected chi connectivity index (χ0v) is 10.6. The van der Waals surface area contributed by atoms with Gasteiger partial charge in [-0.15, -0.1) is 0 Å². The van der Waals surface area contributed by atoms with E-state index in [1.807, 2.05) is 6.07 Å². The monoisotopic (exact) mass is 245 g/mol. The van der Waals surface area contributed by atoms with E-state index < -0.39 is 0 Å². The predicted molar refractivity (Wildman–Crippen MR) is 72.8 cm³/mol. The summed E-state index contributed by atoms with van der Waals surface area (Å²) in [6.45, 7) is 1.78. The highest BCUT2D eigenvalue weighted by Crippen LogP contribution is 2.31. The molecule has 3 rings (SSSR count). The van der Waals surface area contributed by atoms with Gasteiger partial charge in [-0.1, -0.05) is 0 Å². The molecule has 1 saturated heterocycles. The lowest BCUT2D eigenvalue weighted by molar-refractivity contribution is 0.415. The summed E-state index contributed by atoms with van der Waals surface area (Å²) in [4.78, 5) is 3.48. The number of aromatic amines is 1. The van der Waals surface area contributed by atoms with Crippen LogP contribution in [0.4, 0.5) is 0 Å². The Labute approximate surface area is 107 Å². The van der Waals surface area contributed by atoms with Gasteiger partial charge < -0.3 is 20.8 Å². The van der Waals surface area contributed by atoms with Crippen LogP contribution in [-0.2, 0) is 0 Å². The zero-order chi connectivity index (χ0) is 12.5. The van der Waals surface area contributed by atoms with Crippen molar-refractivity contribution in [3.63, 3.8) is 0 Å². The average Bonchev–Trinajstić information content (AvgIpc) is 3.03. The Morgan fingerprint density at radius 3 is 3.06 bits per heavy atom. The molecule has 2 atom stereocenters. The standard InChI is InChI=1S/C14H19N3O/c1-18-11-2-3-12-10(6-11)7-13(17-12)14-9(8-15)4-5-16-14/h2-3,6-7,9,14,16-17H,4-5,8,15H2,1H3. The number of fused-ring (bicyclic) bond motifs is 1. The molecule has 1 aliphatic rings. The summed E-state index contributed by atoms with van der Waals surface area (Å²) in [7, 11) is 1.69. The van der Waals surface area contributed by atoms with E-state index in [9.17, 15) is 0 Å². The molecule has 4 nitrogen and oxygen atoms in total. The quantitative estimate of drug-likeness (QED) is 0.772. The van der Waals surface area contributed by atoms with E-state index in [2.05, 4.69) is 28.5 Å². The van der Waals surface area contributed by atoms with Crippen molar-refractivity contribution in [2.75, 3.05) is 20.2 Å². The van der Waals surface area contributed by atoms with Gasteiger partial charge in [-0.25, -0.2) is 0 Å². The van der Waals surface area contributed by atoms with Crippen molar-refractivity contribution in [2.24, 2.45) is 11.7 Å². The number of rotatable bonds is 3. The largest absolute Gasteiger partial charge is 0.497 e. The van der Waals surface area contributed by atoms with Crippen molar-refractivity contribution < 1.29 is 4.74 Å². The summed E-state index contributed by atoms with van der Waals surface area (Å²) >= 11 is 0. The molecule has 0 bridgehead atoms. The molecule has 1 fully saturated rings. The van der Waals surface area contributed by atoms with Gasteiger partial charge in [0.05, 0.1) is 13.2 Å². The molecule has 0 amide bonds. The topological polar surface area (TPSA) is 63.1 Å². The fourth-order valence-corrected chi connectivity index (χ4v) is 2.80. The maximum Gasteiger partial charge on any atom is 0.119 e. The molecule has 0 radical (unpaired) electrons. The fraction of sp³-hybridized carbons (Fsp3) is 0.429. The molecule has 1 aromatic heterocycles. The second-order valence-electron chi connectivity index (χ2n) is 4.89. The van der Waals surface area contributed by atoms with Gasteiger partial charge in [0.1, 0.15) is 5.75 Å². The van der Waals surface area contributed by atoms with Gasteiger partial charge in [-0.05, 0) is 49.7 Å². The van der Waals surface area contributed by atoms with Gasteiger partial charge in [0, 0.05) is 16.6 Å². The third-order valence-corrected chi connectivity index (χ3v) is 3.84. The van der Waals surface area contributed by atoms with Crippen molar-refractivity contribution in [2.45, 2.75) is 12.5 Å². The molecule has 0 spiro atoms. The Kier molecular flexibility index (Phi) is 2.97. The van der Waals surface area contributed by atoms with Crippen LogP contribution >= 0.6 is 0 Å². The molecule has 2 heterocycles. The molecule has 2 unspecified atom stereocenters. The summed E-state index contributed by atoms with van der Waals surface area (Å²) in [5.41, 5.74) is 8.20. The summed E-state index contributed by atoms with van der Waals surface area (Å²) in [6.07, 6.45) is 1.15. The molecular formula is C14H19N3O. The molecule has 4 N–H and O–H groups in total. The van der Waals surface area contributed by atoms with E-state index in [0.29, 0.717) is 12.0 Å². The Balaban J connectivity index is 1.97. The SMILES string of the molecule is COc1ccc2[nH]c(C3NCCC3CN)cc2c1. The van der Waals surface area contributed by atoms with Gasteiger partial charge in [0.25, 0.3) is 0 Å². The Morgan fingerprint density at radius 2 is 2.28 bits per heavy atom. The number of aromatic nitrogens is 1. The van der Waals surface area contributed by atoms with Crippen molar-refractivity contribution in [1.29, 1.82) is 0 Å². The van der Waals surface area contributed by atoms with Gasteiger partial charge >= 0.3 is 0 Å². The van der Waals surface area contributed by atoms with Crippen molar-refractivity contribution >= 4 is 10.9 Å². The van der Waals surface area contributed by atoms with E-state index >= 15 is 0 Å². The Bertz CT molecular complexity index is 549. The number of hydrogen-bond donors (Lipinski definition) is 3. The molecule has 1 aliphatic heterocycles. The van der Waals surface area contributed by atoms with Crippen LogP contribution in [0.25, 0.3) is 10.9 Å². The molecule has 0 aliphatic carbocycles. The number of nitrogens with one attached hydrogen (secondary N) is 2. The number of H-pyrrole nitrogens is 1. The van der Waals surface area contributed by atoms with Gasteiger partial charge in [0.15, 0.2) is 0 Å². The van der Waals surface area contributed by atoms with Crippen LogP contribution in [0.3, 0.4) is 0 Å². The van der Waals surface area contributed by atoms with Gasteiger partial charge in [-0.3, -0.25) is 0 Å². The summed E-state index contributed by atoms with van der Waals surface area (Å²) in [5, 5.41) is 4.71. The first-order valence-electron chi connectivity index (χ1n) is 6.42. The molecule has 96 valence electrons. The van der Waals surface area contributed by atoms with Crippen LogP contribution in [0.15, 0.2) is 24.3 Å². The normalized spacial score (nSPS) is 23.7. The van der Waals surface area contributed by atoms with E-state index in [4.69, 9.17) is 10.5 Å². The first-order chi connectivity index (χ1) is 8.81. The number of hydrogen-bond acceptors (Lipinski definition) is 3. The minimum absolute atomic E-state index is 0.355. The second-order valence-corrected chi connectivity index (χ2v) is 4.89. The lowest BCUT2D eigenvalue weighted by Crippen LogP contribution is -2.23. The summed E-state index contributed by atoms with van der Waals surface area (Å²) in [5.74, 6) is 1.42. The third kappa shape index (κ3) is 1.87. The van der Waals surface area contributed by atoms with Crippen LogP contribution in [0, 0.1) is 5.92 Å². The number of benzene rings is 1. The first-order valence-corrected chi connectivity index (χ1v) is 6.42. The van der Waals surface area contributed by atoms with E-state index in [1.54, 1.807) is 7.11 Å². The smallest absolute Gasteiger partial charge is 0.119 e. The van der Waals surface area contributed by atoms with E-state index in [-0.39, 0.29) is 0 Å². The number of ether oxygens (including phenoxy) is 1. The molecule has 1 aromatic carbocycles. The predicted octanol–water partition coefficient (Wildman–Crippen LogP) is 1.79. The van der Waals surface area contributed by atoms with Crippen LogP contribution < -0.4 is 15.8 Å². The van der Waals surface area contributed by atoms with Gasteiger partial charge in [-0.2, -0.15) is 0 Å². The minimum atomic E-state index is 0.355. The number of methoxy groups -OCH3 is 1. The first kappa shape index (κ1) is 11.6. The Morgan fingerprint density at radius 1 is 1.39 bits per heavy atom. The second kappa shape index (κ2) is 4.63. The maximum atomic E-state index is 5.83. The highest BCUT2D eigenvalue weighted by atomic mass is 16.5. The molecule has 4 heteroatoms. The summed E-state index contributed by atoms with van der Waals surface area (Å²) in [6, 6.07) is 8.65. The van der Waals surface area contributed by atoms with E-state index in [1.165, 1.54) is 11.1 Å².